The first-order valence-corrected chi connectivity index (χ1v) is 3.01. The van der Waals surface area contributed by atoms with Crippen molar-refractivity contribution in [2.45, 2.75) is 12.8 Å². The number of rotatable bonds is 2. The second kappa shape index (κ2) is 2.62. The topological polar surface area (TPSA) is 17.1 Å². The fourth-order valence-corrected chi connectivity index (χ4v) is 0.870. The van der Waals surface area contributed by atoms with Gasteiger partial charge in [-0.25, -0.2) is 0 Å². The van der Waals surface area contributed by atoms with Crippen molar-refractivity contribution < 1.29 is 4.79 Å². The summed E-state index contributed by atoms with van der Waals surface area (Å²) in [4.78, 5) is 10.8. The Hall–Kier alpha value is -0.850. The van der Waals surface area contributed by atoms with Gasteiger partial charge in [0, 0.05) is 6.42 Å². The summed E-state index contributed by atoms with van der Waals surface area (Å²) in [7, 11) is 0. The van der Waals surface area contributed by atoms with Gasteiger partial charge in [-0.1, -0.05) is 12.2 Å². The Kier molecular flexibility index (Phi) is 1.83. The van der Waals surface area contributed by atoms with Gasteiger partial charge in [-0.05, 0) is 18.4 Å². The minimum Gasteiger partial charge on any atom is -0.295 e. The zero-order valence-electron chi connectivity index (χ0n) is 5.26. The Bertz CT molecular complexity index is 165. The number of ketones is 1. The van der Waals surface area contributed by atoms with Crippen LogP contribution < -0.4 is 0 Å². The summed E-state index contributed by atoms with van der Waals surface area (Å²) in [5.74, 6) is 0.245. The Labute approximate surface area is 55.1 Å². The molecule has 0 amide bonds. The van der Waals surface area contributed by atoms with Crippen LogP contribution in [0.1, 0.15) is 12.8 Å². The van der Waals surface area contributed by atoms with Gasteiger partial charge in [0.05, 0.1) is 0 Å². The lowest BCUT2D eigenvalue weighted by molar-refractivity contribution is -0.114. The maximum absolute atomic E-state index is 10.8. The van der Waals surface area contributed by atoms with Crippen LogP contribution in [-0.2, 0) is 4.79 Å². The molecule has 1 nitrogen and oxygen atoms in total. The van der Waals surface area contributed by atoms with Gasteiger partial charge in [0.25, 0.3) is 0 Å². The monoisotopic (exact) mass is 121 g/mol. The van der Waals surface area contributed by atoms with Crippen LogP contribution in [0.5, 0.6) is 0 Å². The van der Waals surface area contributed by atoms with Crippen LogP contribution in [0, 0.1) is 6.42 Å². The van der Waals surface area contributed by atoms with Crippen LogP contribution in [-0.4, -0.2) is 5.78 Å². The van der Waals surface area contributed by atoms with Crippen LogP contribution in [0.4, 0.5) is 0 Å². The summed E-state index contributed by atoms with van der Waals surface area (Å²) in [5.41, 5.74) is 0.894. The molecule has 1 aliphatic carbocycles. The lowest BCUT2D eigenvalue weighted by atomic mass is 10.1. The average molecular weight is 121 g/mol. The number of allylic oxidation sites excluding steroid dienone is 3. The summed E-state index contributed by atoms with van der Waals surface area (Å²) in [6, 6.07) is 0. The molecule has 0 saturated heterocycles. The van der Waals surface area contributed by atoms with E-state index in [9.17, 15) is 4.79 Å². The second-order valence-electron chi connectivity index (χ2n) is 2.05. The third-order valence-electron chi connectivity index (χ3n) is 1.34. The van der Waals surface area contributed by atoms with E-state index in [1.807, 2.05) is 12.5 Å². The van der Waals surface area contributed by atoms with E-state index in [4.69, 9.17) is 0 Å². The maximum atomic E-state index is 10.8. The largest absolute Gasteiger partial charge is 0.295 e. The van der Waals surface area contributed by atoms with Gasteiger partial charge in [-0.2, -0.15) is 0 Å². The van der Waals surface area contributed by atoms with E-state index in [0.717, 1.165) is 12.0 Å². The van der Waals surface area contributed by atoms with Gasteiger partial charge in [-0.15, -0.1) is 6.58 Å². The zero-order valence-corrected chi connectivity index (χ0v) is 5.26. The molecule has 0 aromatic carbocycles. The highest BCUT2D eigenvalue weighted by Crippen LogP contribution is 2.15. The van der Waals surface area contributed by atoms with Gasteiger partial charge in [-0.3, -0.25) is 4.79 Å². The minimum absolute atomic E-state index is 0.245. The molecule has 0 atom stereocenters. The average Bonchev–Trinajstić information content (AvgIpc) is 2.18. The van der Waals surface area contributed by atoms with Crippen LogP contribution in [0.2, 0.25) is 0 Å². The molecular formula is C8H9O. The number of hydrogen-bond donors (Lipinski definition) is 0. The summed E-state index contributed by atoms with van der Waals surface area (Å²) in [5, 5.41) is 0. The first-order chi connectivity index (χ1) is 4.34. The molecule has 0 spiro atoms. The predicted molar refractivity (Wildman–Crippen MR) is 36.8 cm³/mol. The molecule has 0 heterocycles. The van der Waals surface area contributed by atoms with Crippen molar-refractivity contribution in [2.24, 2.45) is 0 Å². The minimum atomic E-state index is 0.245. The number of carbonyl (C=O) groups is 1. The van der Waals surface area contributed by atoms with Gasteiger partial charge in [0.15, 0.2) is 5.78 Å². The van der Waals surface area contributed by atoms with Gasteiger partial charge >= 0.3 is 0 Å². The normalized spacial score (nSPS) is 17.8. The van der Waals surface area contributed by atoms with Crippen molar-refractivity contribution in [1.29, 1.82) is 0 Å². The molecule has 0 aromatic rings. The molecule has 1 heteroatoms. The number of hydrogen-bond acceptors (Lipinski definition) is 1. The maximum Gasteiger partial charge on any atom is 0.159 e. The molecule has 0 aromatic heterocycles. The molecule has 0 unspecified atom stereocenters. The molecule has 1 radical (unpaired) electrons. The third-order valence-corrected chi connectivity index (χ3v) is 1.34. The van der Waals surface area contributed by atoms with Crippen LogP contribution in [0.15, 0.2) is 24.3 Å². The standard InChI is InChI=1S/C8H9O/c1-2-4-7-5-3-6-8(7)9/h2-3,5H,1,4,6H2. The molecule has 9 heavy (non-hydrogen) atoms. The predicted octanol–water partition coefficient (Wildman–Crippen LogP) is 1.67. The van der Waals surface area contributed by atoms with E-state index < -0.39 is 0 Å². The molecule has 0 aliphatic heterocycles. The van der Waals surface area contributed by atoms with Gasteiger partial charge < -0.3 is 0 Å². The Balaban J connectivity index is 2.57. The van der Waals surface area contributed by atoms with Crippen molar-refractivity contribution in [1.82, 2.24) is 0 Å². The van der Waals surface area contributed by atoms with E-state index in [2.05, 4.69) is 6.58 Å². The Morgan fingerprint density at radius 3 is 3.00 bits per heavy atom. The molecule has 47 valence electrons. The van der Waals surface area contributed by atoms with Crippen molar-refractivity contribution in [2.75, 3.05) is 0 Å². The van der Waals surface area contributed by atoms with Crippen LogP contribution in [0.3, 0.4) is 0 Å². The third kappa shape index (κ3) is 1.28. The summed E-state index contributed by atoms with van der Waals surface area (Å²) < 4.78 is 0. The van der Waals surface area contributed by atoms with E-state index in [-0.39, 0.29) is 5.78 Å². The quantitative estimate of drug-likeness (QED) is 0.508. The van der Waals surface area contributed by atoms with Crippen molar-refractivity contribution in [3.63, 3.8) is 0 Å². The highest BCUT2D eigenvalue weighted by molar-refractivity contribution is 5.99. The molecule has 0 saturated carbocycles. The summed E-state index contributed by atoms with van der Waals surface area (Å²) in [6.45, 7) is 3.55. The number of carbonyl (C=O) groups excluding carboxylic acids is 1. The SMILES string of the molecule is C=CCC1=C[CH]CC1=O. The molecule has 1 rings (SSSR count). The number of Topliss-reactive ketones (excluding diaryl/α,β-unsaturated/α-hetero) is 1. The highest BCUT2D eigenvalue weighted by Gasteiger charge is 2.12. The highest BCUT2D eigenvalue weighted by atomic mass is 16.1. The molecular weight excluding hydrogens is 112 g/mol. The van der Waals surface area contributed by atoms with Gasteiger partial charge in [0.2, 0.25) is 0 Å². The molecule has 1 aliphatic rings. The fraction of sp³-hybridized carbons (Fsp3) is 0.250. The van der Waals surface area contributed by atoms with Crippen LogP contribution >= 0.6 is 0 Å². The fourth-order valence-electron chi connectivity index (χ4n) is 0.870. The van der Waals surface area contributed by atoms with Gasteiger partial charge in [0.1, 0.15) is 0 Å². The van der Waals surface area contributed by atoms with E-state index >= 15 is 0 Å². The zero-order chi connectivity index (χ0) is 6.69. The lowest BCUT2D eigenvalue weighted by Gasteiger charge is -1.90. The Morgan fingerprint density at radius 1 is 1.78 bits per heavy atom. The molecule has 0 bridgehead atoms. The smallest absolute Gasteiger partial charge is 0.159 e. The van der Waals surface area contributed by atoms with E-state index in [1.165, 1.54) is 0 Å². The van der Waals surface area contributed by atoms with Crippen molar-refractivity contribution in [3.8, 4) is 0 Å². The van der Waals surface area contributed by atoms with E-state index in [0.29, 0.717) is 6.42 Å². The van der Waals surface area contributed by atoms with Crippen molar-refractivity contribution in [3.05, 3.63) is 30.7 Å². The Morgan fingerprint density at radius 2 is 2.56 bits per heavy atom. The molecule has 0 fully saturated rings. The lowest BCUT2D eigenvalue weighted by Crippen LogP contribution is -1.93. The summed E-state index contributed by atoms with van der Waals surface area (Å²) in [6.07, 6.45) is 6.83. The first-order valence-electron chi connectivity index (χ1n) is 3.01. The summed E-state index contributed by atoms with van der Waals surface area (Å²) >= 11 is 0. The van der Waals surface area contributed by atoms with Crippen molar-refractivity contribution >= 4 is 5.78 Å². The second-order valence-corrected chi connectivity index (χ2v) is 2.05. The molecule has 0 N–H and O–H groups in total. The first kappa shape index (κ1) is 6.27. The van der Waals surface area contributed by atoms with E-state index in [1.54, 1.807) is 6.08 Å². The van der Waals surface area contributed by atoms with Crippen LogP contribution in [0.25, 0.3) is 0 Å².